The van der Waals surface area contributed by atoms with E-state index in [2.05, 4.69) is 17.6 Å². The molecular weight excluding hydrogens is 328 g/mol. The summed E-state index contributed by atoms with van der Waals surface area (Å²) in [5.41, 5.74) is 1.57. The van der Waals surface area contributed by atoms with Crippen LogP contribution in [0.15, 0.2) is 24.3 Å². The third-order valence-corrected chi connectivity index (χ3v) is 5.34. The van der Waals surface area contributed by atoms with E-state index in [0.29, 0.717) is 31.7 Å². The van der Waals surface area contributed by atoms with Crippen LogP contribution in [0.3, 0.4) is 0 Å². The second-order valence-electron chi connectivity index (χ2n) is 7.19. The van der Waals surface area contributed by atoms with Gasteiger partial charge in [0.1, 0.15) is 0 Å². The van der Waals surface area contributed by atoms with Crippen molar-refractivity contribution in [1.29, 1.82) is 0 Å². The average Bonchev–Trinajstić information content (AvgIpc) is 2.69. The Bertz CT molecular complexity index is 603. The minimum Gasteiger partial charge on any atom is -0.338 e. The minimum absolute atomic E-state index is 0.00700. The molecule has 2 fully saturated rings. The van der Waals surface area contributed by atoms with Gasteiger partial charge in [-0.25, -0.2) is 4.79 Å². The van der Waals surface area contributed by atoms with Crippen LogP contribution in [0.2, 0.25) is 0 Å². The number of nitrogens with one attached hydrogen (secondary N) is 2. The molecule has 1 radical (unpaired) electrons. The van der Waals surface area contributed by atoms with E-state index in [4.69, 9.17) is 0 Å². The molecule has 141 valence electrons. The van der Waals surface area contributed by atoms with Crippen LogP contribution in [-0.2, 0) is 0 Å². The van der Waals surface area contributed by atoms with Gasteiger partial charge in [0.15, 0.2) is 0 Å². The van der Waals surface area contributed by atoms with Gasteiger partial charge in [-0.1, -0.05) is 12.1 Å². The topological polar surface area (TPSA) is 64.7 Å². The maximum absolute atomic E-state index is 12.5. The monoisotopic (exact) mass is 357 g/mol. The summed E-state index contributed by atoms with van der Waals surface area (Å²) in [7, 11) is 0. The van der Waals surface area contributed by atoms with Crippen molar-refractivity contribution < 1.29 is 9.59 Å². The number of piperidine rings is 1. The predicted molar refractivity (Wildman–Crippen MR) is 102 cm³/mol. The van der Waals surface area contributed by atoms with Crippen LogP contribution in [0.5, 0.6) is 0 Å². The van der Waals surface area contributed by atoms with Crippen LogP contribution in [0.4, 0.5) is 4.79 Å². The average molecular weight is 357 g/mol. The molecule has 2 heterocycles. The van der Waals surface area contributed by atoms with Crippen molar-refractivity contribution in [2.24, 2.45) is 5.92 Å². The van der Waals surface area contributed by atoms with Gasteiger partial charge in [0.05, 0.1) is 0 Å². The zero-order valence-electron chi connectivity index (χ0n) is 15.4. The fourth-order valence-electron chi connectivity index (χ4n) is 3.61. The first-order chi connectivity index (χ1) is 12.6. The lowest BCUT2D eigenvalue weighted by Gasteiger charge is -2.35. The summed E-state index contributed by atoms with van der Waals surface area (Å²) in [5.74, 6) is 0.742. The number of urea groups is 1. The molecule has 0 aromatic heterocycles. The van der Waals surface area contributed by atoms with Crippen LogP contribution in [0.25, 0.3) is 0 Å². The van der Waals surface area contributed by atoms with Crippen LogP contribution < -0.4 is 10.6 Å². The highest BCUT2D eigenvalue weighted by molar-refractivity contribution is 5.94. The standard InChI is InChI=1S/C20H29N4O2/c1-16-2-4-18(5-3-16)19(25)23-12-14-24(15-13-23)20(26)22-11-8-17-6-9-21-10-7-17/h2-5,17,21H,1,6-15H2,(H,22,26). The number of piperazine rings is 1. The molecule has 0 saturated carbocycles. The molecule has 0 atom stereocenters. The Morgan fingerprint density at radius 1 is 1.04 bits per heavy atom. The number of nitrogens with zero attached hydrogens (tertiary/aromatic N) is 2. The molecule has 0 spiro atoms. The number of rotatable bonds is 4. The van der Waals surface area contributed by atoms with Gasteiger partial charge in [-0.05, 0) is 62.9 Å². The summed E-state index contributed by atoms with van der Waals surface area (Å²) in [6, 6.07) is 7.31. The molecule has 1 aromatic carbocycles. The zero-order chi connectivity index (χ0) is 18.4. The van der Waals surface area contributed by atoms with Crippen molar-refractivity contribution in [3.63, 3.8) is 0 Å². The van der Waals surface area contributed by atoms with Crippen molar-refractivity contribution in [2.45, 2.75) is 19.3 Å². The summed E-state index contributed by atoms with van der Waals surface area (Å²) in [6.07, 6.45) is 3.45. The molecule has 26 heavy (non-hydrogen) atoms. The summed E-state index contributed by atoms with van der Waals surface area (Å²) < 4.78 is 0. The van der Waals surface area contributed by atoms with Crippen molar-refractivity contribution in [2.75, 3.05) is 45.8 Å². The van der Waals surface area contributed by atoms with Crippen LogP contribution in [0, 0.1) is 12.8 Å². The number of hydrogen-bond donors (Lipinski definition) is 2. The second kappa shape index (κ2) is 9.03. The van der Waals surface area contributed by atoms with E-state index >= 15 is 0 Å². The van der Waals surface area contributed by atoms with Crippen LogP contribution >= 0.6 is 0 Å². The Kier molecular flexibility index (Phi) is 6.50. The molecule has 2 aliphatic rings. The maximum atomic E-state index is 12.5. The Morgan fingerprint density at radius 2 is 1.65 bits per heavy atom. The molecule has 6 nitrogen and oxygen atoms in total. The zero-order valence-corrected chi connectivity index (χ0v) is 15.4. The fraction of sp³-hybridized carbons (Fsp3) is 0.550. The molecular formula is C20H29N4O2. The molecule has 3 amide bonds. The first-order valence-corrected chi connectivity index (χ1v) is 9.58. The van der Waals surface area contributed by atoms with Crippen molar-refractivity contribution in [3.05, 3.63) is 42.3 Å². The summed E-state index contributed by atoms with van der Waals surface area (Å²) in [4.78, 5) is 28.5. The highest BCUT2D eigenvalue weighted by atomic mass is 16.2. The highest BCUT2D eigenvalue weighted by Gasteiger charge is 2.24. The SMILES string of the molecule is [CH2]c1ccc(C(=O)N2CCN(C(=O)NCCC3CCNCC3)CC2)cc1. The quantitative estimate of drug-likeness (QED) is 0.862. The lowest BCUT2D eigenvalue weighted by Crippen LogP contribution is -2.53. The fourth-order valence-corrected chi connectivity index (χ4v) is 3.61. The first kappa shape index (κ1) is 18.7. The van der Waals surface area contributed by atoms with E-state index in [-0.39, 0.29) is 11.9 Å². The summed E-state index contributed by atoms with van der Waals surface area (Å²) >= 11 is 0. The lowest BCUT2D eigenvalue weighted by atomic mass is 9.95. The van der Waals surface area contributed by atoms with Crippen molar-refractivity contribution >= 4 is 11.9 Å². The normalized spacial score (nSPS) is 18.7. The molecule has 3 rings (SSSR count). The number of amides is 3. The summed E-state index contributed by atoms with van der Waals surface area (Å²) in [5, 5.41) is 6.40. The number of carbonyl (C=O) groups excluding carboxylic acids is 2. The molecule has 0 aliphatic carbocycles. The van der Waals surface area contributed by atoms with E-state index in [1.54, 1.807) is 0 Å². The second-order valence-corrected chi connectivity index (χ2v) is 7.19. The van der Waals surface area contributed by atoms with Crippen molar-refractivity contribution in [1.82, 2.24) is 20.4 Å². The van der Waals surface area contributed by atoms with Crippen LogP contribution in [0.1, 0.15) is 35.2 Å². The third-order valence-electron chi connectivity index (χ3n) is 5.34. The molecule has 1 aromatic rings. The Balaban J connectivity index is 1.39. The van der Waals surface area contributed by atoms with E-state index in [0.717, 1.165) is 37.5 Å². The minimum atomic E-state index is -0.00700. The third kappa shape index (κ3) is 4.97. The number of benzene rings is 1. The Labute approximate surface area is 155 Å². The molecule has 0 bridgehead atoms. The largest absolute Gasteiger partial charge is 0.338 e. The van der Waals surface area contributed by atoms with Crippen molar-refractivity contribution in [3.8, 4) is 0 Å². The molecule has 0 unspecified atom stereocenters. The summed E-state index contributed by atoms with van der Waals surface area (Å²) in [6.45, 7) is 9.07. The van der Waals surface area contributed by atoms with Gasteiger partial charge in [0.2, 0.25) is 0 Å². The molecule has 2 N–H and O–H groups in total. The van der Waals surface area contributed by atoms with Gasteiger partial charge in [-0.15, -0.1) is 0 Å². The maximum Gasteiger partial charge on any atom is 0.317 e. The molecule has 2 saturated heterocycles. The molecule has 6 heteroatoms. The lowest BCUT2D eigenvalue weighted by molar-refractivity contribution is 0.0665. The first-order valence-electron chi connectivity index (χ1n) is 9.58. The predicted octanol–water partition coefficient (Wildman–Crippen LogP) is 1.73. The van der Waals surface area contributed by atoms with E-state index in [9.17, 15) is 9.59 Å². The smallest absolute Gasteiger partial charge is 0.317 e. The number of carbonyl (C=O) groups is 2. The Hall–Kier alpha value is -2.08. The van der Waals surface area contributed by atoms with Gasteiger partial charge in [-0.3, -0.25) is 4.79 Å². The molecule has 2 aliphatic heterocycles. The van der Waals surface area contributed by atoms with Gasteiger partial charge >= 0.3 is 6.03 Å². The van der Waals surface area contributed by atoms with E-state index in [1.807, 2.05) is 34.1 Å². The number of hydrogen-bond acceptors (Lipinski definition) is 3. The van der Waals surface area contributed by atoms with Gasteiger partial charge in [0, 0.05) is 38.3 Å². The Morgan fingerprint density at radius 3 is 2.31 bits per heavy atom. The van der Waals surface area contributed by atoms with Gasteiger partial charge in [-0.2, -0.15) is 0 Å². The van der Waals surface area contributed by atoms with Crippen LogP contribution in [-0.4, -0.2) is 67.6 Å². The van der Waals surface area contributed by atoms with E-state index < -0.39 is 0 Å². The highest BCUT2D eigenvalue weighted by Crippen LogP contribution is 2.15. The van der Waals surface area contributed by atoms with Gasteiger partial charge in [0.25, 0.3) is 5.91 Å². The van der Waals surface area contributed by atoms with Gasteiger partial charge < -0.3 is 20.4 Å². The van der Waals surface area contributed by atoms with E-state index in [1.165, 1.54) is 12.8 Å².